The Morgan fingerprint density at radius 2 is 2.04 bits per heavy atom. The zero-order valence-corrected chi connectivity index (χ0v) is 16.1. The molecule has 0 spiro atoms. The van der Waals surface area contributed by atoms with E-state index < -0.39 is 0 Å². The molecule has 144 valence electrons. The standard InChI is InChI=1S/C19H22ClN3O4/c1-25-16-10-14(9-15(20)18(16)26-2)19(24)22-12-13-3-4-17(21-11-13)23-5-7-27-8-6-23/h3-4,9-11H,5-8,12H2,1-2H3,(H,22,24). The van der Waals surface area contributed by atoms with Crippen molar-refractivity contribution in [2.24, 2.45) is 0 Å². The summed E-state index contributed by atoms with van der Waals surface area (Å²) in [5, 5.41) is 3.18. The van der Waals surface area contributed by atoms with Crippen molar-refractivity contribution >= 4 is 23.3 Å². The number of hydrogen-bond acceptors (Lipinski definition) is 6. The summed E-state index contributed by atoms with van der Waals surface area (Å²) < 4.78 is 15.8. The van der Waals surface area contributed by atoms with Gasteiger partial charge in [0.05, 0.1) is 32.5 Å². The van der Waals surface area contributed by atoms with Crippen LogP contribution in [0.3, 0.4) is 0 Å². The highest BCUT2D eigenvalue weighted by Gasteiger charge is 2.15. The van der Waals surface area contributed by atoms with Crippen LogP contribution < -0.4 is 19.7 Å². The number of anilines is 1. The fraction of sp³-hybridized carbons (Fsp3) is 0.368. The third-order valence-corrected chi connectivity index (χ3v) is 4.57. The Kier molecular flexibility index (Phi) is 6.36. The van der Waals surface area contributed by atoms with Crippen LogP contribution in [-0.4, -0.2) is 51.4 Å². The number of halogens is 1. The number of hydrogen-bond donors (Lipinski definition) is 1. The lowest BCUT2D eigenvalue weighted by atomic mass is 10.1. The average Bonchev–Trinajstić information content (AvgIpc) is 2.72. The summed E-state index contributed by atoms with van der Waals surface area (Å²) in [6.45, 7) is 3.47. The highest BCUT2D eigenvalue weighted by Crippen LogP contribution is 2.35. The average molecular weight is 392 g/mol. The van der Waals surface area contributed by atoms with E-state index in [1.807, 2.05) is 12.1 Å². The number of carbonyl (C=O) groups excluding carboxylic acids is 1. The number of rotatable bonds is 6. The molecule has 1 N–H and O–H groups in total. The summed E-state index contributed by atoms with van der Waals surface area (Å²) >= 11 is 6.16. The Balaban J connectivity index is 1.62. The molecular formula is C19H22ClN3O4. The van der Waals surface area contributed by atoms with Gasteiger partial charge < -0.3 is 24.4 Å². The van der Waals surface area contributed by atoms with Crippen LogP contribution in [0.1, 0.15) is 15.9 Å². The molecule has 1 aliphatic heterocycles. The van der Waals surface area contributed by atoms with Crippen LogP contribution in [0, 0.1) is 0 Å². The zero-order valence-electron chi connectivity index (χ0n) is 15.3. The summed E-state index contributed by atoms with van der Waals surface area (Å²) in [6, 6.07) is 7.07. The maximum absolute atomic E-state index is 12.4. The van der Waals surface area contributed by atoms with E-state index in [1.54, 1.807) is 18.3 Å². The molecule has 0 atom stereocenters. The third-order valence-electron chi connectivity index (χ3n) is 4.29. The lowest BCUT2D eigenvalue weighted by Crippen LogP contribution is -2.36. The summed E-state index contributed by atoms with van der Waals surface area (Å²) in [5.74, 6) is 1.47. The molecule has 1 saturated heterocycles. The summed E-state index contributed by atoms with van der Waals surface area (Å²) in [6.07, 6.45) is 1.77. The van der Waals surface area contributed by atoms with Crippen molar-refractivity contribution in [2.45, 2.75) is 6.54 Å². The topological polar surface area (TPSA) is 72.9 Å². The quantitative estimate of drug-likeness (QED) is 0.815. The number of amides is 1. The Morgan fingerprint density at radius 1 is 1.26 bits per heavy atom. The van der Waals surface area contributed by atoms with Crippen molar-refractivity contribution in [2.75, 3.05) is 45.4 Å². The molecule has 27 heavy (non-hydrogen) atoms. The zero-order chi connectivity index (χ0) is 19.2. The van der Waals surface area contributed by atoms with Gasteiger partial charge in [0.1, 0.15) is 5.82 Å². The van der Waals surface area contributed by atoms with Gasteiger partial charge in [-0.15, -0.1) is 0 Å². The van der Waals surface area contributed by atoms with Gasteiger partial charge >= 0.3 is 0 Å². The van der Waals surface area contributed by atoms with Crippen LogP contribution in [0.15, 0.2) is 30.5 Å². The van der Waals surface area contributed by atoms with Crippen LogP contribution in [0.25, 0.3) is 0 Å². The molecule has 1 fully saturated rings. The molecule has 0 saturated carbocycles. The van der Waals surface area contributed by atoms with Gasteiger partial charge in [-0.2, -0.15) is 0 Å². The fourth-order valence-corrected chi connectivity index (χ4v) is 3.12. The Bertz CT molecular complexity index is 792. The van der Waals surface area contributed by atoms with Gasteiger partial charge in [-0.05, 0) is 23.8 Å². The van der Waals surface area contributed by atoms with Crippen LogP contribution in [0.4, 0.5) is 5.82 Å². The van der Waals surface area contributed by atoms with E-state index >= 15 is 0 Å². The molecule has 8 heteroatoms. The highest BCUT2D eigenvalue weighted by atomic mass is 35.5. The predicted octanol–water partition coefficient (Wildman–Crippen LogP) is 2.52. The lowest BCUT2D eigenvalue weighted by Gasteiger charge is -2.27. The third kappa shape index (κ3) is 4.61. The van der Waals surface area contributed by atoms with Gasteiger partial charge in [-0.1, -0.05) is 17.7 Å². The van der Waals surface area contributed by atoms with Crippen LogP contribution in [0.5, 0.6) is 11.5 Å². The lowest BCUT2D eigenvalue weighted by molar-refractivity contribution is 0.0950. The Morgan fingerprint density at radius 3 is 2.67 bits per heavy atom. The van der Waals surface area contributed by atoms with Gasteiger partial charge in [0.25, 0.3) is 5.91 Å². The van der Waals surface area contributed by atoms with Crippen molar-refractivity contribution < 1.29 is 19.0 Å². The molecule has 0 unspecified atom stereocenters. The summed E-state index contributed by atoms with van der Waals surface area (Å²) in [4.78, 5) is 19.1. The highest BCUT2D eigenvalue weighted by molar-refractivity contribution is 6.32. The van der Waals surface area contributed by atoms with Gasteiger partial charge in [0, 0.05) is 31.4 Å². The number of methoxy groups -OCH3 is 2. The maximum atomic E-state index is 12.4. The van der Waals surface area contributed by atoms with Gasteiger partial charge in [-0.25, -0.2) is 4.98 Å². The molecule has 1 aromatic carbocycles. The second-order valence-corrected chi connectivity index (χ2v) is 6.41. The second kappa shape index (κ2) is 8.92. The molecule has 7 nitrogen and oxygen atoms in total. The fourth-order valence-electron chi connectivity index (χ4n) is 2.83. The number of aromatic nitrogens is 1. The molecule has 1 aliphatic rings. The molecular weight excluding hydrogens is 370 g/mol. The molecule has 2 heterocycles. The van der Waals surface area contributed by atoms with Crippen molar-refractivity contribution in [3.05, 3.63) is 46.6 Å². The minimum Gasteiger partial charge on any atom is -0.493 e. The first kappa shape index (κ1) is 19.3. The number of ether oxygens (including phenoxy) is 3. The van der Waals surface area contributed by atoms with Crippen LogP contribution in [-0.2, 0) is 11.3 Å². The minimum absolute atomic E-state index is 0.255. The van der Waals surface area contributed by atoms with Gasteiger partial charge in [-0.3, -0.25) is 4.79 Å². The largest absolute Gasteiger partial charge is 0.493 e. The molecule has 0 radical (unpaired) electrons. The smallest absolute Gasteiger partial charge is 0.251 e. The molecule has 0 aliphatic carbocycles. The second-order valence-electron chi connectivity index (χ2n) is 6.00. The Hall–Kier alpha value is -2.51. The number of morpholine rings is 1. The first-order chi connectivity index (χ1) is 13.1. The van der Waals surface area contributed by atoms with Crippen molar-refractivity contribution in [1.82, 2.24) is 10.3 Å². The number of carbonyl (C=O) groups is 1. The maximum Gasteiger partial charge on any atom is 0.251 e. The van der Waals surface area contributed by atoms with Crippen LogP contribution >= 0.6 is 11.6 Å². The Labute approximate surface area is 163 Å². The van der Waals surface area contributed by atoms with E-state index in [0.717, 1.165) is 24.5 Å². The van der Waals surface area contributed by atoms with Gasteiger partial charge in [0.2, 0.25) is 0 Å². The van der Waals surface area contributed by atoms with Gasteiger partial charge in [0.15, 0.2) is 11.5 Å². The van der Waals surface area contributed by atoms with Crippen molar-refractivity contribution in [3.63, 3.8) is 0 Å². The first-order valence-electron chi connectivity index (χ1n) is 8.59. The number of nitrogens with zero attached hydrogens (tertiary/aromatic N) is 2. The van der Waals surface area contributed by atoms with Crippen molar-refractivity contribution in [1.29, 1.82) is 0 Å². The minimum atomic E-state index is -0.255. The van der Waals surface area contributed by atoms with E-state index in [2.05, 4.69) is 15.2 Å². The van der Waals surface area contributed by atoms with E-state index in [4.69, 9.17) is 25.8 Å². The number of pyridine rings is 1. The molecule has 3 rings (SSSR count). The normalized spacial score (nSPS) is 14.0. The van der Waals surface area contributed by atoms with Crippen molar-refractivity contribution in [3.8, 4) is 11.5 Å². The number of benzene rings is 1. The van der Waals surface area contributed by atoms with E-state index in [0.29, 0.717) is 41.8 Å². The van der Waals surface area contributed by atoms with E-state index in [1.165, 1.54) is 14.2 Å². The first-order valence-corrected chi connectivity index (χ1v) is 8.97. The molecule has 0 bridgehead atoms. The molecule has 2 aromatic rings. The summed E-state index contributed by atoms with van der Waals surface area (Å²) in [7, 11) is 2.99. The monoisotopic (exact) mass is 391 g/mol. The predicted molar refractivity (Wildman–Crippen MR) is 103 cm³/mol. The van der Waals surface area contributed by atoms with E-state index in [-0.39, 0.29) is 5.91 Å². The molecule has 1 aromatic heterocycles. The SMILES string of the molecule is COc1cc(C(=O)NCc2ccc(N3CCOCC3)nc2)cc(Cl)c1OC. The molecule has 1 amide bonds. The summed E-state index contributed by atoms with van der Waals surface area (Å²) in [5.41, 5.74) is 1.31. The van der Waals surface area contributed by atoms with E-state index in [9.17, 15) is 4.79 Å². The van der Waals surface area contributed by atoms with Crippen LogP contribution in [0.2, 0.25) is 5.02 Å². The number of nitrogens with one attached hydrogen (secondary N) is 1.